The van der Waals surface area contributed by atoms with Crippen LogP contribution in [0.4, 0.5) is 13.2 Å². The van der Waals surface area contributed by atoms with Crippen LogP contribution in [0.3, 0.4) is 0 Å². The standard InChI is InChI=1S/C20H26F3NO4S2/c1-20(28,9-6-14(21)17(22)23)8-2-3-12-4-5-16(25)13(12)7-10-29-19-24-15(11-30-19)18(26)27/h2-3,11-13,16,25,28H,4-10H2,1H3,(H,26,27)/b3-2+/t12-,13-,16+,20-/m1/s1. The van der Waals surface area contributed by atoms with Crippen LogP contribution in [0.15, 0.2) is 33.8 Å². The first-order valence-electron chi connectivity index (χ1n) is 9.67. The molecule has 1 saturated carbocycles. The van der Waals surface area contributed by atoms with E-state index in [0.717, 1.165) is 12.8 Å². The van der Waals surface area contributed by atoms with E-state index < -0.39 is 36.0 Å². The zero-order chi connectivity index (χ0) is 22.3. The third-order valence-corrected chi connectivity index (χ3v) is 7.30. The highest BCUT2D eigenvalue weighted by molar-refractivity contribution is 8.01. The van der Waals surface area contributed by atoms with Crippen LogP contribution in [0.25, 0.3) is 0 Å². The maximum Gasteiger partial charge on any atom is 0.355 e. The van der Waals surface area contributed by atoms with Gasteiger partial charge in [0.1, 0.15) is 0 Å². The van der Waals surface area contributed by atoms with Crippen LogP contribution >= 0.6 is 23.1 Å². The molecular formula is C20H26F3NO4S2. The van der Waals surface area contributed by atoms with Crippen LogP contribution in [0.2, 0.25) is 0 Å². The highest BCUT2D eigenvalue weighted by Crippen LogP contribution is 2.37. The summed E-state index contributed by atoms with van der Waals surface area (Å²) in [5.41, 5.74) is -1.26. The van der Waals surface area contributed by atoms with Gasteiger partial charge in [-0.25, -0.2) is 14.2 Å². The van der Waals surface area contributed by atoms with Gasteiger partial charge in [0.05, 0.1) is 11.7 Å². The fraction of sp³-hybridized carbons (Fsp3) is 0.600. The van der Waals surface area contributed by atoms with Crippen molar-refractivity contribution in [1.29, 1.82) is 0 Å². The number of carboxylic acids is 1. The molecule has 0 bridgehead atoms. The van der Waals surface area contributed by atoms with Crippen LogP contribution in [-0.4, -0.2) is 43.7 Å². The predicted octanol–water partition coefficient (Wildman–Crippen LogP) is 5.27. The van der Waals surface area contributed by atoms with Gasteiger partial charge in [-0.3, -0.25) is 0 Å². The van der Waals surface area contributed by atoms with Crippen molar-refractivity contribution in [3.8, 4) is 0 Å². The van der Waals surface area contributed by atoms with E-state index in [1.165, 1.54) is 35.4 Å². The Balaban J connectivity index is 1.82. The van der Waals surface area contributed by atoms with Crippen molar-refractivity contribution in [2.75, 3.05) is 5.75 Å². The molecule has 0 unspecified atom stereocenters. The number of carboxylic acid groups (broad SMARTS) is 1. The Morgan fingerprint density at radius 1 is 1.40 bits per heavy atom. The van der Waals surface area contributed by atoms with Crippen molar-refractivity contribution in [3.05, 3.63) is 35.1 Å². The van der Waals surface area contributed by atoms with Crippen LogP contribution in [0.5, 0.6) is 0 Å². The molecule has 1 aliphatic carbocycles. The first kappa shape index (κ1) is 24.9. The second kappa shape index (κ2) is 11.3. The normalized spacial score (nSPS) is 23.6. The highest BCUT2D eigenvalue weighted by Gasteiger charge is 2.33. The smallest absolute Gasteiger partial charge is 0.355 e. The van der Waals surface area contributed by atoms with Gasteiger partial charge in [-0.05, 0) is 50.9 Å². The summed E-state index contributed by atoms with van der Waals surface area (Å²) in [6, 6.07) is 0. The van der Waals surface area contributed by atoms with Crippen molar-refractivity contribution >= 4 is 29.1 Å². The molecule has 3 N–H and O–H groups in total. The Kier molecular flexibility index (Phi) is 9.39. The summed E-state index contributed by atoms with van der Waals surface area (Å²) in [6.45, 7) is 1.48. The monoisotopic (exact) mass is 465 g/mol. The zero-order valence-electron chi connectivity index (χ0n) is 16.6. The molecule has 168 valence electrons. The van der Waals surface area contributed by atoms with E-state index in [-0.39, 0.29) is 30.4 Å². The fourth-order valence-corrected chi connectivity index (χ4v) is 5.41. The van der Waals surface area contributed by atoms with E-state index in [1.54, 1.807) is 6.08 Å². The second-order valence-electron chi connectivity index (χ2n) is 7.71. The minimum atomic E-state index is -2.35. The topological polar surface area (TPSA) is 90.7 Å². The predicted molar refractivity (Wildman–Crippen MR) is 111 cm³/mol. The zero-order valence-corrected chi connectivity index (χ0v) is 18.2. The lowest BCUT2D eigenvalue weighted by Gasteiger charge is -2.22. The van der Waals surface area contributed by atoms with Gasteiger partial charge in [0.2, 0.25) is 0 Å². The molecule has 1 aliphatic rings. The molecule has 1 aromatic heterocycles. The first-order chi connectivity index (χ1) is 14.1. The Morgan fingerprint density at radius 2 is 2.13 bits per heavy atom. The third-order valence-electron chi connectivity index (χ3n) is 5.25. The number of thiazole rings is 1. The number of allylic oxidation sites excluding steroid dienone is 2. The number of hydrogen-bond acceptors (Lipinski definition) is 6. The molecule has 1 aromatic rings. The number of aromatic carboxylic acids is 1. The fourth-order valence-electron chi connectivity index (χ4n) is 3.50. The number of carbonyl (C=O) groups is 1. The van der Waals surface area contributed by atoms with Crippen molar-refractivity contribution in [2.45, 2.75) is 61.5 Å². The number of aromatic nitrogens is 1. The quantitative estimate of drug-likeness (QED) is 0.305. The molecule has 2 rings (SSSR count). The van der Waals surface area contributed by atoms with Crippen molar-refractivity contribution in [2.24, 2.45) is 11.8 Å². The molecule has 1 fully saturated rings. The van der Waals surface area contributed by atoms with E-state index in [1.807, 2.05) is 6.08 Å². The molecule has 5 nitrogen and oxygen atoms in total. The lowest BCUT2D eigenvalue weighted by atomic mass is 9.90. The molecule has 0 spiro atoms. The van der Waals surface area contributed by atoms with E-state index in [9.17, 15) is 28.2 Å². The SMILES string of the molecule is C[C@@](O)(C/C=C/[C@@H]1CC[C@H](O)[C@@H]1CCSc1nc(C(=O)O)cs1)CCC(F)=C(F)F. The van der Waals surface area contributed by atoms with Gasteiger partial charge in [0.15, 0.2) is 15.9 Å². The molecule has 0 aromatic carbocycles. The number of thioether (sulfide) groups is 1. The Bertz CT molecular complexity index is 778. The minimum Gasteiger partial charge on any atom is -0.476 e. The minimum absolute atomic E-state index is 0.0286. The summed E-state index contributed by atoms with van der Waals surface area (Å²) in [7, 11) is 0. The molecule has 1 heterocycles. The van der Waals surface area contributed by atoms with E-state index in [2.05, 4.69) is 4.98 Å². The average Bonchev–Trinajstić information content (AvgIpc) is 3.28. The molecule has 0 aliphatic heterocycles. The molecular weight excluding hydrogens is 439 g/mol. The lowest BCUT2D eigenvalue weighted by Crippen LogP contribution is -2.23. The molecule has 10 heteroatoms. The largest absolute Gasteiger partial charge is 0.476 e. The Labute approximate surface area is 181 Å². The summed E-state index contributed by atoms with van der Waals surface area (Å²) in [5, 5.41) is 31.0. The number of hydrogen-bond donors (Lipinski definition) is 3. The number of rotatable bonds is 11. The van der Waals surface area contributed by atoms with E-state index in [4.69, 9.17) is 5.11 Å². The van der Waals surface area contributed by atoms with Crippen molar-refractivity contribution in [1.82, 2.24) is 4.98 Å². The Morgan fingerprint density at radius 3 is 2.77 bits per heavy atom. The molecule has 30 heavy (non-hydrogen) atoms. The van der Waals surface area contributed by atoms with Crippen LogP contribution in [0.1, 0.15) is 55.9 Å². The summed E-state index contributed by atoms with van der Waals surface area (Å²) < 4.78 is 37.9. The van der Waals surface area contributed by atoms with Crippen molar-refractivity contribution < 1.29 is 33.3 Å². The van der Waals surface area contributed by atoms with Gasteiger partial charge >= 0.3 is 12.0 Å². The van der Waals surface area contributed by atoms with Crippen LogP contribution < -0.4 is 0 Å². The maximum absolute atomic E-state index is 12.9. The molecule has 0 amide bonds. The second-order valence-corrected chi connectivity index (χ2v) is 9.91. The average molecular weight is 466 g/mol. The van der Waals surface area contributed by atoms with Gasteiger partial charge in [0, 0.05) is 17.6 Å². The number of aliphatic hydroxyl groups excluding tert-OH is 1. The van der Waals surface area contributed by atoms with Gasteiger partial charge < -0.3 is 15.3 Å². The van der Waals surface area contributed by atoms with Crippen molar-refractivity contribution in [3.63, 3.8) is 0 Å². The molecule has 0 radical (unpaired) electrons. The first-order valence-corrected chi connectivity index (χ1v) is 11.5. The lowest BCUT2D eigenvalue weighted by molar-refractivity contribution is 0.0521. The number of aliphatic hydroxyl groups is 2. The van der Waals surface area contributed by atoms with Crippen LogP contribution in [0, 0.1) is 11.8 Å². The molecule has 0 saturated heterocycles. The van der Waals surface area contributed by atoms with Gasteiger partial charge in [0.25, 0.3) is 0 Å². The van der Waals surface area contributed by atoms with E-state index in [0.29, 0.717) is 16.5 Å². The van der Waals surface area contributed by atoms with Gasteiger partial charge in [-0.15, -0.1) is 11.3 Å². The number of nitrogens with zero attached hydrogens (tertiary/aromatic N) is 1. The summed E-state index contributed by atoms with van der Waals surface area (Å²) in [6.07, 6.45) is 2.73. The third kappa shape index (κ3) is 7.72. The molecule has 4 atom stereocenters. The Hall–Kier alpha value is -1.36. The summed E-state index contributed by atoms with van der Waals surface area (Å²) in [5.74, 6) is -1.69. The van der Waals surface area contributed by atoms with Gasteiger partial charge in [-0.1, -0.05) is 23.9 Å². The van der Waals surface area contributed by atoms with Crippen LogP contribution in [-0.2, 0) is 0 Å². The maximum atomic E-state index is 12.9. The number of halogens is 3. The highest BCUT2D eigenvalue weighted by atomic mass is 32.2. The van der Waals surface area contributed by atoms with Gasteiger partial charge in [-0.2, -0.15) is 8.78 Å². The summed E-state index contributed by atoms with van der Waals surface area (Å²) >= 11 is 2.73. The van der Waals surface area contributed by atoms with E-state index >= 15 is 0 Å². The summed E-state index contributed by atoms with van der Waals surface area (Å²) in [4.78, 5) is 14.9.